The number of aromatic nitrogens is 3. The van der Waals surface area contributed by atoms with E-state index in [0.717, 1.165) is 42.2 Å². The van der Waals surface area contributed by atoms with Crippen LogP contribution in [-0.2, 0) is 35.1 Å². The van der Waals surface area contributed by atoms with Crippen LogP contribution < -0.4 is 5.32 Å². The molecule has 11 heteroatoms. The van der Waals surface area contributed by atoms with Gasteiger partial charge in [-0.2, -0.15) is 18.3 Å². The van der Waals surface area contributed by atoms with Crippen LogP contribution in [0.15, 0.2) is 6.07 Å². The first-order valence-electron chi connectivity index (χ1n) is 10.6. The van der Waals surface area contributed by atoms with Crippen LogP contribution in [0.3, 0.4) is 0 Å². The molecule has 3 aromatic heterocycles. The summed E-state index contributed by atoms with van der Waals surface area (Å²) >= 11 is 1.35. The topological polar surface area (TPSA) is 86.1 Å². The highest BCUT2D eigenvalue weighted by atomic mass is 32.1. The van der Waals surface area contributed by atoms with Gasteiger partial charge in [0, 0.05) is 10.6 Å². The van der Waals surface area contributed by atoms with E-state index in [1.54, 1.807) is 6.92 Å². The van der Waals surface area contributed by atoms with E-state index in [1.165, 1.54) is 29.9 Å². The average molecular weight is 481 g/mol. The highest BCUT2D eigenvalue weighted by Crippen LogP contribution is 2.39. The number of carbonyl (C=O) groups excluding carboxylic acids is 2. The lowest BCUT2D eigenvalue weighted by molar-refractivity contribution is -0.136. The van der Waals surface area contributed by atoms with Crippen molar-refractivity contribution in [2.75, 3.05) is 11.9 Å². The van der Waals surface area contributed by atoms with Gasteiger partial charge in [0.2, 0.25) is 5.91 Å². The van der Waals surface area contributed by atoms with Crippen LogP contribution >= 0.6 is 11.3 Å². The predicted octanol–water partition coefficient (Wildman–Crippen LogP) is 4.82. The number of hydrogen-bond acceptors (Lipinski definition) is 6. The van der Waals surface area contributed by atoms with E-state index in [0.29, 0.717) is 10.6 Å². The molecule has 7 nitrogen and oxygen atoms in total. The number of fused-ring (bicyclic) bond motifs is 2. The zero-order valence-electron chi connectivity index (χ0n) is 18.4. The minimum Gasteiger partial charge on any atom is -0.462 e. The van der Waals surface area contributed by atoms with Crippen molar-refractivity contribution in [3.05, 3.63) is 39.0 Å². The van der Waals surface area contributed by atoms with Gasteiger partial charge >= 0.3 is 12.1 Å². The molecule has 1 N–H and O–H groups in total. The molecule has 3 aromatic rings. The zero-order valence-corrected chi connectivity index (χ0v) is 19.2. The number of carbonyl (C=O) groups is 2. The number of amides is 1. The second-order valence-corrected chi connectivity index (χ2v) is 9.04. The lowest BCUT2D eigenvalue weighted by Gasteiger charge is -2.12. The van der Waals surface area contributed by atoms with Crippen molar-refractivity contribution in [2.24, 2.45) is 0 Å². The summed E-state index contributed by atoms with van der Waals surface area (Å²) in [5.41, 5.74) is 0.756. The van der Waals surface area contributed by atoms with Crippen molar-refractivity contribution < 1.29 is 27.5 Å². The molecule has 0 bridgehead atoms. The van der Waals surface area contributed by atoms with Crippen molar-refractivity contribution in [3.63, 3.8) is 0 Å². The number of alkyl halides is 3. The smallest absolute Gasteiger partial charge is 0.417 e. The summed E-state index contributed by atoms with van der Waals surface area (Å²) in [6.07, 6.45) is -1.04. The maximum atomic E-state index is 13.5. The quantitative estimate of drug-likeness (QED) is 0.529. The van der Waals surface area contributed by atoms with Crippen LogP contribution in [0.2, 0.25) is 0 Å². The Morgan fingerprint density at radius 1 is 1.24 bits per heavy atom. The number of ether oxygens (including phenoxy) is 1. The van der Waals surface area contributed by atoms with Crippen molar-refractivity contribution in [3.8, 4) is 0 Å². The monoisotopic (exact) mass is 480 g/mol. The first-order chi connectivity index (χ1) is 15.6. The number of halogens is 3. The summed E-state index contributed by atoms with van der Waals surface area (Å²) in [6, 6.07) is 0.975. The fourth-order valence-electron chi connectivity index (χ4n) is 4.19. The van der Waals surface area contributed by atoms with E-state index in [1.807, 2.05) is 0 Å². The Bertz CT molecular complexity index is 1250. The molecule has 4 rings (SSSR count). The van der Waals surface area contributed by atoms with Crippen LogP contribution in [0, 0.1) is 13.8 Å². The van der Waals surface area contributed by atoms with E-state index in [9.17, 15) is 22.8 Å². The fourth-order valence-corrected chi connectivity index (χ4v) is 5.48. The molecule has 1 aliphatic carbocycles. The van der Waals surface area contributed by atoms with Crippen molar-refractivity contribution in [1.82, 2.24) is 14.8 Å². The van der Waals surface area contributed by atoms with Crippen LogP contribution in [0.5, 0.6) is 0 Å². The van der Waals surface area contributed by atoms with Gasteiger partial charge in [0.25, 0.3) is 0 Å². The molecule has 33 heavy (non-hydrogen) atoms. The molecule has 0 unspecified atom stereocenters. The molecule has 1 amide bonds. The lowest BCUT2D eigenvalue weighted by atomic mass is 9.95. The fraction of sp³-hybridized carbons (Fsp3) is 0.455. The number of hydrogen-bond donors (Lipinski definition) is 1. The standard InChI is InChI=1S/C22H23F3N4O3S/c1-4-32-21(31)18-13-7-5-6-8-15(13)33-20(18)27-16(30)10-29-19-17(12(3)28-29)14(22(23,24)25)9-11(2)26-19/h9H,4-8,10H2,1-3H3,(H,27,30). The second-order valence-electron chi connectivity index (χ2n) is 7.93. The normalized spacial score (nSPS) is 13.8. The zero-order chi connectivity index (χ0) is 23.9. The number of nitrogens with one attached hydrogen (secondary N) is 1. The summed E-state index contributed by atoms with van der Waals surface area (Å²) in [5.74, 6) is -1.000. The summed E-state index contributed by atoms with van der Waals surface area (Å²) in [7, 11) is 0. The number of thiophene rings is 1. The Hall–Kier alpha value is -2.95. The molecule has 3 heterocycles. The molecule has 0 aliphatic heterocycles. The maximum absolute atomic E-state index is 13.5. The van der Waals surface area contributed by atoms with Crippen molar-refractivity contribution in [2.45, 2.75) is 59.2 Å². The largest absolute Gasteiger partial charge is 0.462 e. The summed E-state index contributed by atoms with van der Waals surface area (Å²) in [6.45, 7) is 4.49. The molecule has 0 saturated heterocycles. The molecular weight excluding hydrogens is 457 g/mol. The van der Waals surface area contributed by atoms with Crippen LogP contribution in [-0.4, -0.2) is 33.2 Å². The number of nitrogens with zero attached hydrogens (tertiary/aromatic N) is 3. The maximum Gasteiger partial charge on any atom is 0.417 e. The molecule has 0 spiro atoms. The molecule has 0 radical (unpaired) electrons. The Balaban J connectivity index is 1.66. The van der Waals surface area contributed by atoms with Gasteiger partial charge in [-0.25, -0.2) is 14.5 Å². The molecule has 176 valence electrons. The van der Waals surface area contributed by atoms with Gasteiger partial charge in [-0.05, 0) is 58.1 Å². The third kappa shape index (κ3) is 4.46. The van der Waals surface area contributed by atoms with Gasteiger partial charge in [-0.1, -0.05) is 0 Å². The first-order valence-corrected chi connectivity index (χ1v) is 11.4. The van der Waals surface area contributed by atoms with E-state index in [-0.39, 0.29) is 35.6 Å². The number of anilines is 1. The highest BCUT2D eigenvalue weighted by Gasteiger charge is 2.35. The van der Waals surface area contributed by atoms with Gasteiger partial charge in [0.05, 0.1) is 28.8 Å². The Labute approximate surface area is 191 Å². The third-order valence-electron chi connectivity index (χ3n) is 5.51. The predicted molar refractivity (Wildman–Crippen MR) is 118 cm³/mol. The van der Waals surface area contributed by atoms with Crippen molar-refractivity contribution in [1.29, 1.82) is 0 Å². The molecule has 1 aliphatic rings. The molecule has 0 atom stereocenters. The second kappa shape index (κ2) is 8.77. The molecular formula is C22H23F3N4O3S. The summed E-state index contributed by atoms with van der Waals surface area (Å²) < 4.78 is 47.0. The molecule has 0 fully saturated rings. The van der Waals surface area contributed by atoms with Gasteiger partial charge < -0.3 is 10.1 Å². The lowest BCUT2D eigenvalue weighted by Crippen LogP contribution is -2.21. The van der Waals surface area contributed by atoms with Crippen LogP contribution in [0.1, 0.15) is 57.5 Å². The van der Waals surface area contributed by atoms with E-state index in [4.69, 9.17) is 4.74 Å². The Morgan fingerprint density at radius 3 is 2.67 bits per heavy atom. The van der Waals surface area contributed by atoms with E-state index in [2.05, 4.69) is 15.4 Å². The Kier molecular flexibility index (Phi) is 6.17. The van der Waals surface area contributed by atoms with Crippen molar-refractivity contribution >= 4 is 39.2 Å². The van der Waals surface area contributed by atoms with Crippen LogP contribution in [0.25, 0.3) is 11.0 Å². The van der Waals surface area contributed by atoms with E-state index < -0.39 is 23.6 Å². The Morgan fingerprint density at radius 2 is 1.97 bits per heavy atom. The van der Waals surface area contributed by atoms with Gasteiger partial charge in [-0.3, -0.25) is 4.79 Å². The summed E-state index contributed by atoms with van der Waals surface area (Å²) in [4.78, 5) is 30.7. The number of esters is 1. The van der Waals surface area contributed by atoms with Crippen LogP contribution in [0.4, 0.5) is 18.2 Å². The number of pyridine rings is 1. The SMILES string of the molecule is CCOC(=O)c1c(NC(=O)Cn2nc(C)c3c(C(F)(F)F)cc(C)nc32)sc2c1CCCC2. The number of aryl methyl sites for hydroxylation is 3. The molecule has 0 saturated carbocycles. The first kappa shape index (κ1) is 23.2. The summed E-state index contributed by atoms with van der Waals surface area (Å²) in [5, 5.41) is 7.18. The minimum atomic E-state index is -4.57. The van der Waals surface area contributed by atoms with E-state index >= 15 is 0 Å². The molecule has 0 aromatic carbocycles. The van der Waals surface area contributed by atoms with Gasteiger partial charge in [-0.15, -0.1) is 11.3 Å². The number of rotatable bonds is 5. The average Bonchev–Trinajstić information content (AvgIpc) is 3.24. The highest BCUT2D eigenvalue weighted by molar-refractivity contribution is 7.17. The minimum absolute atomic E-state index is 0.00827. The third-order valence-corrected chi connectivity index (χ3v) is 6.72. The van der Waals surface area contributed by atoms with Gasteiger partial charge in [0.1, 0.15) is 11.5 Å². The van der Waals surface area contributed by atoms with Gasteiger partial charge in [0.15, 0.2) is 5.65 Å².